The van der Waals surface area contributed by atoms with Gasteiger partial charge in [-0.2, -0.15) is 0 Å². The first-order chi connectivity index (χ1) is 7.65. The zero-order chi connectivity index (χ0) is 12.0. The van der Waals surface area contributed by atoms with E-state index in [1.807, 2.05) is 14.1 Å². The number of amides is 1. The van der Waals surface area contributed by atoms with Gasteiger partial charge >= 0.3 is 0 Å². The van der Waals surface area contributed by atoms with Gasteiger partial charge in [-0.15, -0.1) is 6.42 Å². The first kappa shape index (κ1) is 13.1. The maximum atomic E-state index is 11.7. The molecule has 1 aliphatic rings. The standard InChI is InChI=1S/C13H21NO2/c1-4-9-16-10-11-5-7-12(8-6-11)13(15)14(2)3/h1,11-12H,5-10H2,2-3H3. The summed E-state index contributed by atoms with van der Waals surface area (Å²) in [5.41, 5.74) is 0. The van der Waals surface area contributed by atoms with E-state index in [1.165, 1.54) is 0 Å². The molecule has 0 bridgehead atoms. The molecule has 16 heavy (non-hydrogen) atoms. The van der Waals surface area contributed by atoms with Gasteiger partial charge < -0.3 is 9.64 Å². The van der Waals surface area contributed by atoms with Crippen LogP contribution in [0.2, 0.25) is 0 Å². The third kappa shape index (κ3) is 3.86. The van der Waals surface area contributed by atoms with Gasteiger partial charge in [-0.1, -0.05) is 5.92 Å². The molecule has 0 atom stereocenters. The van der Waals surface area contributed by atoms with Crippen molar-refractivity contribution in [1.82, 2.24) is 4.90 Å². The van der Waals surface area contributed by atoms with Crippen LogP contribution in [0.5, 0.6) is 0 Å². The van der Waals surface area contributed by atoms with Gasteiger partial charge in [0, 0.05) is 20.0 Å². The lowest BCUT2D eigenvalue weighted by Gasteiger charge is -2.29. The summed E-state index contributed by atoms with van der Waals surface area (Å²) in [7, 11) is 3.65. The molecule has 1 aliphatic carbocycles. The Hall–Kier alpha value is -1.01. The third-order valence-electron chi connectivity index (χ3n) is 3.18. The second kappa shape index (κ2) is 6.55. The highest BCUT2D eigenvalue weighted by Crippen LogP contribution is 2.29. The van der Waals surface area contributed by atoms with E-state index in [4.69, 9.17) is 11.2 Å². The summed E-state index contributed by atoms with van der Waals surface area (Å²) in [5.74, 6) is 3.54. The highest BCUT2D eigenvalue weighted by Gasteiger charge is 2.27. The van der Waals surface area contributed by atoms with E-state index in [-0.39, 0.29) is 11.8 Å². The number of rotatable bonds is 4. The van der Waals surface area contributed by atoms with E-state index in [0.29, 0.717) is 12.5 Å². The molecule has 0 aromatic carbocycles. The van der Waals surface area contributed by atoms with Gasteiger partial charge in [0.15, 0.2) is 0 Å². The second-order valence-electron chi connectivity index (χ2n) is 4.67. The molecule has 3 heteroatoms. The molecule has 0 unspecified atom stereocenters. The molecule has 1 amide bonds. The Morgan fingerprint density at radius 3 is 2.50 bits per heavy atom. The molecule has 0 aromatic rings. The summed E-state index contributed by atoms with van der Waals surface area (Å²) in [6, 6.07) is 0. The van der Waals surface area contributed by atoms with Gasteiger partial charge in [0.25, 0.3) is 0 Å². The first-order valence-corrected chi connectivity index (χ1v) is 5.87. The van der Waals surface area contributed by atoms with Crippen LogP contribution in [0, 0.1) is 24.2 Å². The molecule has 1 rings (SSSR count). The van der Waals surface area contributed by atoms with E-state index in [9.17, 15) is 4.79 Å². The van der Waals surface area contributed by atoms with Crippen LogP contribution in [0.4, 0.5) is 0 Å². The third-order valence-corrected chi connectivity index (χ3v) is 3.18. The van der Waals surface area contributed by atoms with Gasteiger partial charge in [-0.3, -0.25) is 4.79 Å². The fraction of sp³-hybridized carbons (Fsp3) is 0.769. The Labute approximate surface area is 98.1 Å². The molecule has 0 heterocycles. The maximum absolute atomic E-state index is 11.7. The zero-order valence-electron chi connectivity index (χ0n) is 10.2. The summed E-state index contributed by atoms with van der Waals surface area (Å²) in [4.78, 5) is 13.4. The molecule has 0 radical (unpaired) electrons. The largest absolute Gasteiger partial charge is 0.369 e. The van der Waals surface area contributed by atoms with Crippen molar-refractivity contribution in [3.63, 3.8) is 0 Å². The fourth-order valence-electron chi connectivity index (χ4n) is 2.23. The summed E-state index contributed by atoms with van der Waals surface area (Å²) in [6.07, 6.45) is 9.24. The van der Waals surface area contributed by atoms with E-state index >= 15 is 0 Å². The first-order valence-electron chi connectivity index (χ1n) is 5.87. The lowest BCUT2D eigenvalue weighted by atomic mass is 9.82. The smallest absolute Gasteiger partial charge is 0.225 e. The minimum atomic E-state index is 0.221. The van der Waals surface area contributed by atoms with E-state index in [1.54, 1.807) is 4.90 Å². The van der Waals surface area contributed by atoms with Crippen molar-refractivity contribution in [2.45, 2.75) is 25.7 Å². The summed E-state index contributed by atoms with van der Waals surface area (Å²) >= 11 is 0. The Bertz CT molecular complexity index is 260. The number of terminal acetylenes is 1. The van der Waals surface area contributed by atoms with Gasteiger partial charge in [0.2, 0.25) is 5.91 Å². The average molecular weight is 223 g/mol. The van der Waals surface area contributed by atoms with Crippen molar-refractivity contribution in [2.75, 3.05) is 27.3 Å². The van der Waals surface area contributed by atoms with Crippen molar-refractivity contribution in [3.8, 4) is 12.3 Å². The topological polar surface area (TPSA) is 29.5 Å². The quantitative estimate of drug-likeness (QED) is 0.534. The van der Waals surface area contributed by atoms with Gasteiger partial charge in [-0.25, -0.2) is 0 Å². The molecule has 0 aliphatic heterocycles. The van der Waals surface area contributed by atoms with Crippen molar-refractivity contribution >= 4 is 5.91 Å². The molecule has 0 aromatic heterocycles. The van der Waals surface area contributed by atoms with Crippen molar-refractivity contribution < 1.29 is 9.53 Å². The van der Waals surface area contributed by atoms with Crippen LogP contribution in [0.3, 0.4) is 0 Å². The van der Waals surface area contributed by atoms with Crippen LogP contribution in [-0.4, -0.2) is 38.1 Å². The predicted molar refractivity (Wildman–Crippen MR) is 63.8 cm³/mol. The number of ether oxygens (including phenoxy) is 1. The number of hydrogen-bond acceptors (Lipinski definition) is 2. The monoisotopic (exact) mass is 223 g/mol. The summed E-state index contributed by atoms with van der Waals surface area (Å²) < 4.78 is 5.33. The number of carbonyl (C=O) groups excluding carboxylic acids is 1. The highest BCUT2D eigenvalue weighted by atomic mass is 16.5. The van der Waals surface area contributed by atoms with Crippen molar-refractivity contribution in [3.05, 3.63) is 0 Å². The number of nitrogens with zero attached hydrogens (tertiary/aromatic N) is 1. The van der Waals surface area contributed by atoms with Gasteiger partial charge in [0.05, 0.1) is 6.61 Å². The maximum Gasteiger partial charge on any atom is 0.225 e. The minimum Gasteiger partial charge on any atom is -0.369 e. The molecule has 0 N–H and O–H groups in total. The fourth-order valence-corrected chi connectivity index (χ4v) is 2.23. The van der Waals surface area contributed by atoms with Crippen LogP contribution >= 0.6 is 0 Å². The normalized spacial score (nSPS) is 24.8. The predicted octanol–water partition coefficient (Wildman–Crippen LogP) is 1.53. The Morgan fingerprint density at radius 1 is 1.38 bits per heavy atom. The average Bonchev–Trinajstić information content (AvgIpc) is 2.29. The van der Waals surface area contributed by atoms with Crippen molar-refractivity contribution in [1.29, 1.82) is 0 Å². The van der Waals surface area contributed by atoms with E-state index in [2.05, 4.69) is 5.92 Å². The molecular formula is C13H21NO2. The Kier molecular flexibility index (Phi) is 5.34. The molecule has 1 fully saturated rings. The zero-order valence-corrected chi connectivity index (χ0v) is 10.2. The molecule has 90 valence electrons. The number of hydrogen-bond donors (Lipinski definition) is 0. The van der Waals surface area contributed by atoms with Crippen LogP contribution < -0.4 is 0 Å². The van der Waals surface area contributed by atoms with E-state index < -0.39 is 0 Å². The molecule has 1 saturated carbocycles. The lowest BCUT2D eigenvalue weighted by Crippen LogP contribution is -2.32. The van der Waals surface area contributed by atoms with Crippen LogP contribution in [0.25, 0.3) is 0 Å². The molecule has 0 spiro atoms. The molecule has 3 nitrogen and oxygen atoms in total. The molecule has 0 saturated heterocycles. The minimum absolute atomic E-state index is 0.221. The SMILES string of the molecule is C#CCOCC1CCC(C(=O)N(C)C)CC1. The van der Waals surface area contributed by atoms with Crippen LogP contribution in [0.15, 0.2) is 0 Å². The van der Waals surface area contributed by atoms with E-state index in [0.717, 1.165) is 32.3 Å². The lowest BCUT2D eigenvalue weighted by molar-refractivity contribution is -0.134. The van der Waals surface area contributed by atoms with Crippen LogP contribution in [0.1, 0.15) is 25.7 Å². The highest BCUT2D eigenvalue weighted by molar-refractivity contribution is 5.78. The summed E-state index contributed by atoms with van der Waals surface area (Å²) in [6.45, 7) is 1.14. The van der Waals surface area contributed by atoms with Crippen LogP contribution in [-0.2, 0) is 9.53 Å². The van der Waals surface area contributed by atoms with Gasteiger partial charge in [-0.05, 0) is 31.6 Å². The van der Waals surface area contributed by atoms with Crippen molar-refractivity contribution in [2.24, 2.45) is 11.8 Å². The van der Waals surface area contributed by atoms with Gasteiger partial charge in [0.1, 0.15) is 6.61 Å². The second-order valence-corrected chi connectivity index (χ2v) is 4.67. The summed E-state index contributed by atoms with van der Waals surface area (Å²) in [5, 5.41) is 0. The Morgan fingerprint density at radius 2 is 2.00 bits per heavy atom. The Balaban J connectivity index is 2.24. The number of carbonyl (C=O) groups is 1. The molecular weight excluding hydrogens is 202 g/mol.